The van der Waals surface area contributed by atoms with E-state index in [-0.39, 0.29) is 12.1 Å². The third-order valence-electron chi connectivity index (χ3n) is 5.32. The van der Waals surface area contributed by atoms with Gasteiger partial charge in [0.2, 0.25) is 20.0 Å². The average Bonchev–Trinajstić information content (AvgIpc) is 3.39. The van der Waals surface area contributed by atoms with E-state index in [4.69, 9.17) is 10.9 Å². The van der Waals surface area contributed by atoms with Crippen LogP contribution in [0.3, 0.4) is 0 Å². The number of anilines is 1. The fourth-order valence-electron chi connectivity index (χ4n) is 3.78. The molecule has 1 fully saturated rings. The molecule has 13 nitrogen and oxygen atoms in total. The largest absolute Gasteiger partial charge is 0.375 e. The second-order valence-corrected chi connectivity index (χ2v) is 13.3. The minimum atomic E-state index is -4.52. The number of rotatable bonds is 8. The highest BCUT2D eigenvalue weighted by molar-refractivity contribution is 7.92. The number of fused-ring (bicyclic) bond motifs is 1. The van der Waals surface area contributed by atoms with Gasteiger partial charge in [0, 0.05) is 11.1 Å². The molecule has 0 radical (unpaired) electrons. The van der Waals surface area contributed by atoms with E-state index in [0.717, 1.165) is 4.70 Å². The van der Waals surface area contributed by atoms with E-state index in [1.54, 1.807) is 18.2 Å². The second kappa shape index (κ2) is 9.32. The van der Waals surface area contributed by atoms with E-state index < -0.39 is 36.0 Å². The molecule has 190 valence electrons. The molecule has 0 amide bonds. The Labute approximate surface area is 207 Å². The van der Waals surface area contributed by atoms with Crippen molar-refractivity contribution in [3.05, 3.63) is 35.9 Å². The van der Waals surface area contributed by atoms with Crippen LogP contribution in [-0.2, 0) is 20.0 Å². The van der Waals surface area contributed by atoms with Gasteiger partial charge < -0.3 is 10.2 Å². The number of nitrogens with zero attached hydrogens (tertiary/aromatic N) is 2. The number of nitrogens with two attached hydrogens (primary N) is 2. The zero-order valence-corrected chi connectivity index (χ0v) is 21.7. The SMILES string of the molecule is C[N+](C)(C)CCNS(=O)(=O)c1ccc(-c2cccc3sc(N)nc23)c(C2NNNN2)c1S(N)(=O)=O. The molecule has 1 aromatic heterocycles. The van der Waals surface area contributed by atoms with Crippen molar-refractivity contribution in [2.24, 2.45) is 5.14 Å². The van der Waals surface area contributed by atoms with Gasteiger partial charge in [-0.05, 0) is 17.7 Å². The van der Waals surface area contributed by atoms with Gasteiger partial charge in [-0.15, -0.1) is 0 Å². The highest BCUT2D eigenvalue weighted by atomic mass is 32.2. The third-order valence-corrected chi connectivity index (χ3v) is 8.81. The van der Waals surface area contributed by atoms with Crippen LogP contribution in [0.15, 0.2) is 40.1 Å². The van der Waals surface area contributed by atoms with Crippen molar-refractivity contribution in [1.82, 2.24) is 31.6 Å². The third kappa shape index (κ3) is 5.46. The Morgan fingerprint density at radius 1 is 1.06 bits per heavy atom. The first kappa shape index (κ1) is 25.8. The molecule has 4 rings (SSSR count). The molecule has 2 heterocycles. The number of primary sulfonamides is 1. The Morgan fingerprint density at radius 3 is 2.37 bits per heavy atom. The number of benzene rings is 2. The summed E-state index contributed by atoms with van der Waals surface area (Å²) < 4.78 is 56.2. The summed E-state index contributed by atoms with van der Waals surface area (Å²) in [4.78, 5) is 3.43. The number of aromatic nitrogens is 1. The number of thiazole rings is 1. The molecule has 0 unspecified atom stereocenters. The normalized spacial score (nSPS) is 15.8. The molecule has 9 N–H and O–H groups in total. The molecule has 1 saturated heterocycles. The van der Waals surface area contributed by atoms with E-state index in [0.29, 0.717) is 32.8 Å². The van der Waals surface area contributed by atoms with E-state index in [1.165, 1.54) is 17.4 Å². The summed E-state index contributed by atoms with van der Waals surface area (Å²) >= 11 is 1.29. The highest BCUT2D eigenvalue weighted by Gasteiger charge is 2.34. The van der Waals surface area contributed by atoms with Gasteiger partial charge >= 0.3 is 0 Å². The van der Waals surface area contributed by atoms with Crippen LogP contribution in [0.25, 0.3) is 21.3 Å². The van der Waals surface area contributed by atoms with Crippen LogP contribution in [0, 0.1) is 0 Å². The van der Waals surface area contributed by atoms with Gasteiger partial charge in [-0.2, -0.15) is 11.1 Å². The van der Waals surface area contributed by atoms with E-state index in [2.05, 4.69) is 31.6 Å². The number of nitrogen functional groups attached to an aromatic ring is 1. The monoisotopic (exact) mass is 542 g/mol. The number of hydrazine groups is 3. The molecule has 2 aromatic carbocycles. The van der Waals surface area contributed by atoms with Crippen molar-refractivity contribution in [1.29, 1.82) is 0 Å². The molecule has 0 atom stereocenters. The van der Waals surface area contributed by atoms with Crippen LogP contribution in [-0.4, -0.2) is 60.5 Å². The Kier molecular flexibility index (Phi) is 6.88. The number of para-hydroxylation sites is 1. The highest BCUT2D eigenvalue weighted by Crippen LogP contribution is 2.40. The van der Waals surface area contributed by atoms with Crippen molar-refractivity contribution in [3.63, 3.8) is 0 Å². The fourth-order valence-corrected chi connectivity index (χ4v) is 7.22. The second-order valence-electron chi connectivity index (χ2n) is 8.99. The van der Waals surface area contributed by atoms with Crippen molar-refractivity contribution >= 4 is 46.7 Å². The number of likely N-dealkylation sites (N-methyl/N-ethyl adjacent to an activating group) is 1. The molecule has 3 aromatic rings. The summed E-state index contributed by atoms with van der Waals surface area (Å²) in [6, 6.07) is 8.19. The predicted molar refractivity (Wildman–Crippen MR) is 134 cm³/mol. The topological polar surface area (TPSA) is 193 Å². The lowest BCUT2D eigenvalue weighted by Crippen LogP contribution is -2.42. The lowest BCUT2D eigenvalue weighted by Gasteiger charge is -2.24. The average molecular weight is 543 g/mol. The number of sulfonamides is 2. The molecule has 1 aliphatic heterocycles. The van der Waals surface area contributed by atoms with Crippen molar-refractivity contribution in [2.45, 2.75) is 16.0 Å². The molecule has 0 spiro atoms. The number of hydrogen-bond donors (Lipinski definition) is 7. The zero-order chi connectivity index (χ0) is 25.6. The Hall–Kier alpha value is -2.25. The number of nitrogens with one attached hydrogen (secondary N) is 5. The first-order chi connectivity index (χ1) is 16.3. The predicted octanol–water partition coefficient (Wildman–Crippen LogP) is -0.707. The van der Waals surface area contributed by atoms with Gasteiger partial charge in [0.1, 0.15) is 16.0 Å². The van der Waals surface area contributed by atoms with E-state index in [9.17, 15) is 16.8 Å². The van der Waals surface area contributed by atoms with Crippen molar-refractivity contribution in [2.75, 3.05) is 40.0 Å². The minimum absolute atomic E-state index is 0.105. The Bertz CT molecular complexity index is 1480. The van der Waals surface area contributed by atoms with Gasteiger partial charge in [0.05, 0.1) is 44.4 Å². The standard InChI is InChI=1S/C19H28N9O4S3/c1-28(2,3)10-9-22-35(31,32)14-8-7-11(12-5-4-6-13-16(12)23-19(20)33-13)15(17(14)34(21,29)30)18-24-26-27-25-18/h4-8,18,22,24-27H,9-10H2,1-3H3,(H2,20,23)(H2,21,29,30)/q+1. The summed E-state index contributed by atoms with van der Waals surface area (Å²) in [5, 5.41) is 5.98. The van der Waals surface area contributed by atoms with Crippen molar-refractivity contribution < 1.29 is 21.3 Å². The molecular formula is C19H28N9O4S3+. The summed E-state index contributed by atoms with van der Waals surface area (Å²) in [5.74, 6) is 0. The lowest BCUT2D eigenvalue weighted by molar-refractivity contribution is -0.869. The summed E-state index contributed by atoms with van der Waals surface area (Å²) in [6.45, 7) is 0.592. The fraction of sp³-hybridized carbons (Fsp3) is 0.316. The maximum Gasteiger partial charge on any atom is 0.242 e. The van der Waals surface area contributed by atoms with Gasteiger partial charge in [-0.3, -0.25) is 0 Å². The quantitative estimate of drug-likeness (QED) is 0.179. The molecule has 35 heavy (non-hydrogen) atoms. The molecular weight excluding hydrogens is 514 g/mol. The maximum absolute atomic E-state index is 13.3. The number of hydrogen-bond acceptors (Lipinski definition) is 11. The van der Waals surface area contributed by atoms with Crippen LogP contribution in [0.1, 0.15) is 11.7 Å². The maximum atomic E-state index is 13.3. The summed E-state index contributed by atoms with van der Waals surface area (Å²) in [7, 11) is -3.00. The van der Waals surface area contributed by atoms with Crippen LogP contribution in [0.4, 0.5) is 5.13 Å². The Balaban J connectivity index is 1.97. The van der Waals surface area contributed by atoms with Crippen LogP contribution in [0.2, 0.25) is 0 Å². The lowest BCUT2D eigenvalue weighted by atomic mass is 9.97. The van der Waals surface area contributed by atoms with Gasteiger partial charge in [0.15, 0.2) is 5.13 Å². The molecule has 0 saturated carbocycles. The van der Waals surface area contributed by atoms with Crippen molar-refractivity contribution in [3.8, 4) is 11.1 Å². The molecule has 16 heteroatoms. The first-order valence-corrected chi connectivity index (χ1v) is 14.3. The molecule has 0 bridgehead atoms. The first-order valence-electron chi connectivity index (χ1n) is 10.4. The summed E-state index contributed by atoms with van der Waals surface area (Å²) in [6.07, 6.45) is -0.856. The molecule has 1 aliphatic rings. The summed E-state index contributed by atoms with van der Waals surface area (Å²) in [5.41, 5.74) is 18.5. The Morgan fingerprint density at radius 2 is 1.74 bits per heavy atom. The van der Waals surface area contributed by atoms with Crippen LogP contribution >= 0.6 is 11.3 Å². The minimum Gasteiger partial charge on any atom is -0.375 e. The van der Waals surface area contributed by atoms with Gasteiger partial charge in [0.25, 0.3) is 0 Å². The van der Waals surface area contributed by atoms with Gasteiger partial charge in [-0.25, -0.2) is 42.5 Å². The molecule has 0 aliphatic carbocycles. The zero-order valence-electron chi connectivity index (χ0n) is 19.3. The van der Waals surface area contributed by atoms with Gasteiger partial charge in [-0.1, -0.05) is 29.5 Å². The van der Waals surface area contributed by atoms with E-state index >= 15 is 0 Å². The van der Waals surface area contributed by atoms with E-state index in [1.807, 2.05) is 27.2 Å². The van der Waals surface area contributed by atoms with Crippen LogP contribution < -0.4 is 37.5 Å². The van der Waals surface area contributed by atoms with Crippen LogP contribution in [0.5, 0.6) is 0 Å². The smallest absolute Gasteiger partial charge is 0.242 e. The number of quaternary nitrogens is 1.